The van der Waals surface area contributed by atoms with Crippen molar-refractivity contribution in [2.45, 2.75) is 25.2 Å². The van der Waals surface area contributed by atoms with Crippen LogP contribution in [-0.2, 0) is 20.9 Å². The molecule has 1 heterocycles. The van der Waals surface area contributed by atoms with Gasteiger partial charge in [0.05, 0.1) is 19.8 Å². The second-order valence-electron chi connectivity index (χ2n) is 3.96. The Labute approximate surface area is 100 Å². The maximum Gasteiger partial charge on any atom is 0.151 e. The average Bonchev–Trinajstić information content (AvgIpc) is 3.14. The van der Waals surface area contributed by atoms with Gasteiger partial charge in [-0.1, -0.05) is 12.1 Å². The molecule has 1 fully saturated rings. The molecule has 92 valence electrons. The molecule has 2 unspecified atom stereocenters. The van der Waals surface area contributed by atoms with Gasteiger partial charge in [-0.2, -0.15) is 0 Å². The third-order valence-corrected chi connectivity index (χ3v) is 2.73. The lowest BCUT2D eigenvalue weighted by atomic mass is 10.2. The van der Waals surface area contributed by atoms with Crippen molar-refractivity contribution in [3.8, 4) is 5.75 Å². The summed E-state index contributed by atoms with van der Waals surface area (Å²) in [7, 11) is 1.64. The number of benzene rings is 1. The largest absolute Gasteiger partial charge is 0.497 e. The van der Waals surface area contributed by atoms with Gasteiger partial charge in [0.15, 0.2) is 6.29 Å². The van der Waals surface area contributed by atoms with Crippen LogP contribution < -0.4 is 4.74 Å². The van der Waals surface area contributed by atoms with Crippen molar-refractivity contribution >= 4 is 6.29 Å². The third-order valence-electron chi connectivity index (χ3n) is 2.73. The minimum Gasteiger partial charge on any atom is -0.497 e. The highest BCUT2D eigenvalue weighted by molar-refractivity contribution is 5.60. The molecule has 2 rings (SSSR count). The summed E-state index contributed by atoms with van der Waals surface area (Å²) in [6.07, 6.45) is 1.50. The van der Waals surface area contributed by atoms with Gasteiger partial charge in [0, 0.05) is 6.61 Å². The molecular formula is C13H16O4. The van der Waals surface area contributed by atoms with Gasteiger partial charge in [0.1, 0.15) is 11.9 Å². The van der Waals surface area contributed by atoms with Gasteiger partial charge in [-0.15, -0.1) is 0 Å². The van der Waals surface area contributed by atoms with Gasteiger partial charge in [-0.05, 0) is 24.1 Å². The second-order valence-corrected chi connectivity index (χ2v) is 3.96. The number of aldehydes is 1. The number of hydrogen-bond acceptors (Lipinski definition) is 4. The first-order valence-corrected chi connectivity index (χ1v) is 5.65. The third kappa shape index (κ3) is 3.54. The number of rotatable bonds is 7. The maximum absolute atomic E-state index is 10.3. The van der Waals surface area contributed by atoms with Crippen LogP contribution in [0.15, 0.2) is 24.3 Å². The number of methoxy groups -OCH3 is 1. The van der Waals surface area contributed by atoms with Crippen LogP contribution in [0, 0.1) is 0 Å². The quantitative estimate of drug-likeness (QED) is 0.409. The van der Waals surface area contributed by atoms with Gasteiger partial charge in [0.2, 0.25) is 0 Å². The summed E-state index contributed by atoms with van der Waals surface area (Å²) >= 11 is 0. The van der Waals surface area contributed by atoms with Gasteiger partial charge < -0.3 is 19.0 Å². The van der Waals surface area contributed by atoms with E-state index in [4.69, 9.17) is 14.2 Å². The standard InChI is InChI=1S/C13H16O4/c1-15-11-4-2-10(3-5-11)9-16-7-6-12-13(8-14)17-12/h2-5,8,12-13H,6-7,9H2,1H3. The zero-order valence-electron chi connectivity index (χ0n) is 9.80. The van der Waals surface area contributed by atoms with Crippen molar-refractivity contribution in [3.63, 3.8) is 0 Å². The lowest BCUT2D eigenvalue weighted by Crippen LogP contribution is -2.02. The number of hydrogen-bond donors (Lipinski definition) is 0. The van der Waals surface area contributed by atoms with E-state index in [1.807, 2.05) is 24.3 Å². The van der Waals surface area contributed by atoms with E-state index in [2.05, 4.69) is 0 Å². The molecule has 2 atom stereocenters. The Morgan fingerprint density at radius 1 is 1.35 bits per heavy atom. The van der Waals surface area contributed by atoms with Crippen LogP contribution in [0.4, 0.5) is 0 Å². The van der Waals surface area contributed by atoms with Gasteiger partial charge in [-0.25, -0.2) is 0 Å². The van der Waals surface area contributed by atoms with Crippen LogP contribution in [0.2, 0.25) is 0 Å². The second kappa shape index (κ2) is 5.80. The fourth-order valence-corrected chi connectivity index (χ4v) is 1.62. The molecule has 0 amide bonds. The van der Waals surface area contributed by atoms with E-state index >= 15 is 0 Å². The van der Waals surface area contributed by atoms with E-state index in [9.17, 15) is 4.79 Å². The Morgan fingerprint density at radius 2 is 2.12 bits per heavy atom. The zero-order valence-corrected chi connectivity index (χ0v) is 9.80. The summed E-state index contributed by atoms with van der Waals surface area (Å²) in [5, 5.41) is 0. The minimum absolute atomic E-state index is 0.0726. The monoisotopic (exact) mass is 236 g/mol. The first-order chi connectivity index (χ1) is 8.33. The molecule has 1 aromatic rings. The Balaban J connectivity index is 1.62. The molecule has 0 aliphatic carbocycles. The zero-order chi connectivity index (χ0) is 12.1. The van der Waals surface area contributed by atoms with Crippen LogP contribution in [0.5, 0.6) is 5.75 Å². The molecule has 0 N–H and O–H groups in total. The molecule has 4 nitrogen and oxygen atoms in total. The molecule has 1 aliphatic heterocycles. The van der Waals surface area contributed by atoms with Gasteiger partial charge in [-0.3, -0.25) is 0 Å². The average molecular weight is 236 g/mol. The number of epoxide rings is 1. The van der Waals surface area contributed by atoms with E-state index < -0.39 is 0 Å². The van der Waals surface area contributed by atoms with E-state index in [1.165, 1.54) is 0 Å². The molecule has 0 spiro atoms. The molecule has 17 heavy (non-hydrogen) atoms. The van der Waals surface area contributed by atoms with Crippen molar-refractivity contribution in [2.75, 3.05) is 13.7 Å². The number of ether oxygens (including phenoxy) is 3. The van der Waals surface area contributed by atoms with Crippen molar-refractivity contribution < 1.29 is 19.0 Å². The predicted molar refractivity (Wildman–Crippen MR) is 62.0 cm³/mol. The fourth-order valence-electron chi connectivity index (χ4n) is 1.62. The summed E-state index contributed by atoms with van der Waals surface area (Å²) in [6, 6.07) is 7.76. The van der Waals surface area contributed by atoms with Crippen LogP contribution >= 0.6 is 0 Å². The first kappa shape index (κ1) is 12.1. The number of carbonyl (C=O) groups is 1. The summed E-state index contributed by atoms with van der Waals surface area (Å²) < 4.78 is 15.7. The first-order valence-electron chi connectivity index (χ1n) is 5.65. The fraction of sp³-hybridized carbons (Fsp3) is 0.462. The normalized spacial score (nSPS) is 22.2. The lowest BCUT2D eigenvalue weighted by Gasteiger charge is -2.04. The Morgan fingerprint density at radius 3 is 2.71 bits per heavy atom. The van der Waals surface area contributed by atoms with Crippen LogP contribution in [-0.4, -0.2) is 32.2 Å². The maximum atomic E-state index is 10.3. The number of carbonyl (C=O) groups excluding carboxylic acids is 1. The van der Waals surface area contributed by atoms with E-state index in [-0.39, 0.29) is 12.2 Å². The summed E-state index contributed by atoms with van der Waals surface area (Å²) in [5.41, 5.74) is 1.11. The highest BCUT2D eigenvalue weighted by Gasteiger charge is 2.37. The smallest absolute Gasteiger partial charge is 0.151 e. The van der Waals surface area contributed by atoms with Crippen molar-refractivity contribution in [2.24, 2.45) is 0 Å². The lowest BCUT2D eigenvalue weighted by molar-refractivity contribution is -0.108. The highest BCUT2D eigenvalue weighted by Crippen LogP contribution is 2.23. The highest BCUT2D eigenvalue weighted by atomic mass is 16.6. The predicted octanol–water partition coefficient (Wildman–Crippen LogP) is 1.57. The Kier molecular flexibility index (Phi) is 4.12. The molecule has 1 saturated heterocycles. The molecule has 1 aliphatic rings. The molecular weight excluding hydrogens is 220 g/mol. The van der Waals surface area contributed by atoms with Crippen LogP contribution in [0.1, 0.15) is 12.0 Å². The summed E-state index contributed by atoms with van der Waals surface area (Å²) in [6.45, 7) is 1.18. The van der Waals surface area contributed by atoms with Gasteiger partial charge >= 0.3 is 0 Å². The van der Waals surface area contributed by atoms with Gasteiger partial charge in [0.25, 0.3) is 0 Å². The molecule has 1 aromatic carbocycles. The molecule has 0 aromatic heterocycles. The minimum atomic E-state index is -0.195. The van der Waals surface area contributed by atoms with E-state index in [0.29, 0.717) is 13.2 Å². The summed E-state index contributed by atoms with van der Waals surface area (Å²) in [4.78, 5) is 10.3. The Bertz CT molecular complexity index is 360. The van der Waals surface area contributed by atoms with E-state index in [1.54, 1.807) is 7.11 Å². The molecule has 0 radical (unpaired) electrons. The topological polar surface area (TPSA) is 48.1 Å². The van der Waals surface area contributed by atoms with E-state index in [0.717, 1.165) is 24.0 Å². The molecule has 0 bridgehead atoms. The Hall–Kier alpha value is -1.39. The van der Waals surface area contributed by atoms with Crippen molar-refractivity contribution in [1.29, 1.82) is 0 Å². The van der Waals surface area contributed by atoms with Crippen molar-refractivity contribution in [3.05, 3.63) is 29.8 Å². The van der Waals surface area contributed by atoms with Crippen LogP contribution in [0.25, 0.3) is 0 Å². The summed E-state index contributed by atoms with van der Waals surface area (Å²) in [5.74, 6) is 0.842. The molecule has 0 saturated carbocycles. The molecule has 4 heteroatoms. The van der Waals surface area contributed by atoms with Crippen molar-refractivity contribution in [1.82, 2.24) is 0 Å². The van der Waals surface area contributed by atoms with Crippen LogP contribution in [0.3, 0.4) is 0 Å². The SMILES string of the molecule is COc1ccc(COCCC2OC2C=O)cc1.